The minimum Gasteiger partial charge on any atom is -0.378 e. The van der Waals surface area contributed by atoms with Crippen LogP contribution in [0.15, 0.2) is 12.3 Å². The maximum Gasteiger partial charge on any atom is 0.162 e. The fraction of sp³-hybridized carbons (Fsp3) is 0.727. The van der Waals surface area contributed by atoms with E-state index in [2.05, 4.69) is 18.7 Å². The van der Waals surface area contributed by atoms with Gasteiger partial charge in [0.15, 0.2) is 5.78 Å². The summed E-state index contributed by atoms with van der Waals surface area (Å²) in [6, 6.07) is 0. The van der Waals surface area contributed by atoms with E-state index in [4.69, 9.17) is 0 Å². The van der Waals surface area contributed by atoms with E-state index >= 15 is 0 Å². The summed E-state index contributed by atoms with van der Waals surface area (Å²) in [4.78, 5) is 13.6. The van der Waals surface area contributed by atoms with Gasteiger partial charge in [0.25, 0.3) is 0 Å². The Labute approximate surface area is 81.6 Å². The Morgan fingerprint density at radius 1 is 1.23 bits per heavy atom. The zero-order chi connectivity index (χ0) is 10.5. The first-order valence-electron chi connectivity index (χ1n) is 4.88. The molecule has 0 saturated heterocycles. The van der Waals surface area contributed by atoms with Gasteiger partial charge in [0.1, 0.15) is 0 Å². The van der Waals surface area contributed by atoms with Crippen molar-refractivity contribution in [2.24, 2.45) is 5.41 Å². The highest BCUT2D eigenvalue weighted by Crippen LogP contribution is 2.14. The molecule has 0 radical (unpaired) electrons. The van der Waals surface area contributed by atoms with Gasteiger partial charge in [0.2, 0.25) is 0 Å². The average Bonchev–Trinajstić information content (AvgIpc) is 2.04. The maximum absolute atomic E-state index is 11.5. The summed E-state index contributed by atoms with van der Waals surface area (Å²) in [5.74, 6) is 0.180. The lowest BCUT2D eigenvalue weighted by Gasteiger charge is -2.17. The van der Waals surface area contributed by atoms with E-state index in [0.717, 1.165) is 13.1 Å². The van der Waals surface area contributed by atoms with Crippen molar-refractivity contribution >= 4 is 5.78 Å². The van der Waals surface area contributed by atoms with Crippen molar-refractivity contribution in [2.75, 3.05) is 13.1 Å². The molecule has 0 aromatic rings. The Morgan fingerprint density at radius 3 is 2.00 bits per heavy atom. The van der Waals surface area contributed by atoms with E-state index in [9.17, 15) is 4.79 Å². The summed E-state index contributed by atoms with van der Waals surface area (Å²) in [7, 11) is 0. The van der Waals surface area contributed by atoms with Crippen LogP contribution < -0.4 is 0 Å². The molecule has 0 atom stereocenters. The van der Waals surface area contributed by atoms with E-state index in [0.29, 0.717) is 0 Å². The predicted molar refractivity (Wildman–Crippen MR) is 56.5 cm³/mol. The lowest BCUT2D eigenvalue weighted by molar-refractivity contribution is -0.121. The zero-order valence-electron chi connectivity index (χ0n) is 9.42. The summed E-state index contributed by atoms with van der Waals surface area (Å²) in [5, 5.41) is 0. The van der Waals surface area contributed by atoms with E-state index < -0.39 is 0 Å². The summed E-state index contributed by atoms with van der Waals surface area (Å²) < 4.78 is 0. The van der Waals surface area contributed by atoms with Gasteiger partial charge in [-0.2, -0.15) is 0 Å². The SMILES string of the molecule is CCN(/C=C/C(=O)C(C)(C)C)CC. The van der Waals surface area contributed by atoms with Crippen molar-refractivity contribution in [3.05, 3.63) is 12.3 Å². The maximum atomic E-state index is 11.5. The van der Waals surface area contributed by atoms with Crippen molar-refractivity contribution in [3.63, 3.8) is 0 Å². The third-order valence-corrected chi connectivity index (χ3v) is 1.99. The molecule has 0 bridgehead atoms. The van der Waals surface area contributed by atoms with Gasteiger partial charge >= 0.3 is 0 Å². The monoisotopic (exact) mass is 183 g/mol. The standard InChI is InChI=1S/C11H21NO/c1-6-12(7-2)9-8-10(13)11(3,4)5/h8-9H,6-7H2,1-5H3/b9-8+. The zero-order valence-corrected chi connectivity index (χ0v) is 9.42. The molecular weight excluding hydrogens is 162 g/mol. The molecule has 76 valence electrons. The second-order valence-corrected chi connectivity index (χ2v) is 4.15. The Kier molecular flexibility index (Phi) is 4.74. The van der Waals surface area contributed by atoms with Crippen LogP contribution in [-0.4, -0.2) is 23.8 Å². The van der Waals surface area contributed by atoms with Crippen LogP contribution in [0, 0.1) is 5.41 Å². The lowest BCUT2D eigenvalue weighted by Crippen LogP contribution is -2.20. The molecule has 0 aliphatic heterocycles. The quantitative estimate of drug-likeness (QED) is 0.624. The van der Waals surface area contributed by atoms with Gasteiger partial charge in [0.05, 0.1) is 0 Å². The highest BCUT2D eigenvalue weighted by atomic mass is 16.1. The molecule has 0 saturated carbocycles. The van der Waals surface area contributed by atoms with Crippen molar-refractivity contribution < 1.29 is 4.79 Å². The minimum absolute atomic E-state index is 0.180. The topological polar surface area (TPSA) is 20.3 Å². The first-order valence-corrected chi connectivity index (χ1v) is 4.88. The summed E-state index contributed by atoms with van der Waals surface area (Å²) in [6.07, 6.45) is 3.56. The Hall–Kier alpha value is -0.790. The van der Waals surface area contributed by atoms with Crippen LogP contribution in [-0.2, 0) is 4.79 Å². The van der Waals surface area contributed by atoms with Gasteiger partial charge in [-0.3, -0.25) is 4.79 Å². The summed E-state index contributed by atoms with van der Waals surface area (Å²) in [5.41, 5.74) is -0.260. The van der Waals surface area contributed by atoms with Gasteiger partial charge in [-0.1, -0.05) is 20.8 Å². The molecule has 0 heterocycles. The predicted octanol–water partition coefficient (Wildman–Crippen LogP) is 2.46. The normalized spacial score (nSPS) is 12.1. The lowest BCUT2D eigenvalue weighted by atomic mass is 9.91. The van der Waals surface area contributed by atoms with Crippen molar-refractivity contribution in [2.45, 2.75) is 34.6 Å². The van der Waals surface area contributed by atoms with Crippen LogP contribution in [0.4, 0.5) is 0 Å². The largest absolute Gasteiger partial charge is 0.378 e. The molecule has 0 aromatic carbocycles. The second-order valence-electron chi connectivity index (χ2n) is 4.15. The minimum atomic E-state index is -0.260. The van der Waals surface area contributed by atoms with Gasteiger partial charge in [-0.25, -0.2) is 0 Å². The molecule has 0 aliphatic carbocycles. The molecule has 0 rings (SSSR count). The molecule has 13 heavy (non-hydrogen) atoms. The molecular formula is C11H21NO. The molecule has 0 spiro atoms. The first-order chi connectivity index (χ1) is 5.91. The van der Waals surface area contributed by atoms with Crippen LogP contribution in [0.3, 0.4) is 0 Å². The van der Waals surface area contributed by atoms with Gasteiger partial charge < -0.3 is 4.90 Å². The number of carbonyl (C=O) groups excluding carboxylic acids is 1. The summed E-state index contributed by atoms with van der Waals surface area (Å²) >= 11 is 0. The Balaban J connectivity index is 4.19. The molecule has 0 amide bonds. The van der Waals surface area contributed by atoms with Crippen molar-refractivity contribution in [3.8, 4) is 0 Å². The van der Waals surface area contributed by atoms with Crippen molar-refractivity contribution in [1.29, 1.82) is 0 Å². The Bertz CT molecular complexity index is 185. The van der Waals surface area contributed by atoms with Gasteiger partial charge in [-0.15, -0.1) is 0 Å². The van der Waals surface area contributed by atoms with Crippen molar-refractivity contribution in [1.82, 2.24) is 4.90 Å². The molecule has 0 unspecified atom stereocenters. The van der Waals surface area contributed by atoms with Crippen LogP contribution in [0.2, 0.25) is 0 Å². The fourth-order valence-electron chi connectivity index (χ4n) is 0.858. The number of allylic oxidation sites excluding steroid dienone is 1. The molecule has 0 aromatic heterocycles. The molecule has 2 heteroatoms. The van der Waals surface area contributed by atoms with Gasteiger partial charge in [-0.05, 0) is 19.9 Å². The molecule has 0 N–H and O–H groups in total. The van der Waals surface area contributed by atoms with Crippen LogP contribution in [0.1, 0.15) is 34.6 Å². The number of hydrogen-bond donors (Lipinski definition) is 0. The van der Waals surface area contributed by atoms with E-state index in [1.807, 2.05) is 27.0 Å². The molecule has 2 nitrogen and oxygen atoms in total. The van der Waals surface area contributed by atoms with Crippen LogP contribution in [0.5, 0.6) is 0 Å². The molecule has 0 fully saturated rings. The summed E-state index contributed by atoms with van der Waals surface area (Å²) in [6.45, 7) is 11.9. The van der Waals surface area contributed by atoms with Gasteiger partial charge in [0, 0.05) is 24.7 Å². The van der Waals surface area contributed by atoms with Crippen LogP contribution >= 0.6 is 0 Å². The smallest absolute Gasteiger partial charge is 0.162 e. The number of carbonyl (C=O) groups is 1. The Morgan fingerprint density at radius 2 is 1.69 bits per heavy atom. The van der Waals surface area contributed by atoms with E-state index in [1.54, 1.807) is 6.08 Å². The number of hydrogen-bond acceptors (Lipinski definition) is 2. The first kappa shape index (κ1) is 12.2. The number of nitrogens with zero attached hydrogens (tertiary/aromatic N) is 1. The van der Waals surface area contributed by atoms with E-state index in [-0.39, 0.29) is 11.2 Å². The van der Waals surface area contributed by atoms with E-state index in [1.165, 1.54) is 0 Å². The fourth-order valence-corrected chi connectivity index (χ4v) is 0.858. The third-order valence-electron chi connectivity index (χ3n) is 1.99. The number of rotatable bonds is 4. The molecule has 0 aliphatic rings. The second kappa shape index (κ2) is 5.05. The average molecular weight is 183 g/mol. The third kappa shape index (κ3) is 4.71. The highest BCUT2D eigenvalue weighted by Gasteiger charge is 2.17. The highest BCUT2D eigenvalue weighted by molar-refractivity contribution is 5.93. The van der Waals surface area contributed by atoms with Crippen LogP contribution in [0.25, 0.3) is 0 Å². The number of ketones is 1.